The first kappa shape index (κ1) is 14.5. The first-order valence-corrected chi connectivity index (χ1v) is 8.19. The summed E-state index contributed by atoms with van der Waals surface area (Å²) >= 11 is 1.71. The molecule has 1 heterocycles. The lowest BCUT2D eigenvalue weighted by Crippen LogP contribution is -2.34. The van der Waals surface area contributed by atoms with Crippen LogP contribution in [0.2, 0.25) is 0 Å². The molecule has 3 nitrogen and oxygen atoms in total. The third-order valence-electron chi connectivity index (χ3n) is 3.86. The summed E-state index contributed by atoms with van der Waals surface area (Å²) in [5.74, 6) is 0.192. The monoisotopic (exact) mass is 280 g/mol. The summed E-state index contributed by atoms with van der Waals surface area (Å²) in [5.41, 5.74) is 1.10. The Labute approximate surface area is 119 Å². The highest BCUT2D eigenvalue weighted by Gasteiger charge is 2.15. The van der Waals surface area contributed by atoms with Crippen LogP contribution in [-0.4, -0.2) is 16.9 Å². The van der Waals surface area contributed by atoms with Crippen molar-refractivity contribution in [2.24, 2.45) is 0 Å². The SMILES string of the molecule is Cc1nc(CCC(=O)NC2CCCCCC2)sc1C. The lowest BCUT2D eigenvalue weighted by molar-refractivity contribution is -0.121. The Kier molecular flexibility index (Phi) is 5.37. The first-order valence-electron chi connectivity index (χ1n) is 7.37. The molecule has 1 saturated carbocycles. The zero-order chi connectivity index (χ0) is 13.7. The van der Waals surface area contributed by atoms with E-state index in [1.165, 1.54) is 30.6 Å². The highest BCUT2D eigenvalue weighted by Crippen LogP contribution is 2.19. The van der Waals surface area contributed by atoms with Crippen molar-refractivity contribution in [2.45, 2.75) is 71.3 Å². The van der Waals surface area contributed by atoms with Crippen LogP contribution >= 0.6 is 11.3 Å². The van der Waals surface area contributed by atoms with Crippen molar-refractivity contribution in [3.63, 3.8) is 0 Å². The molecule has 0 aromatic carbocycles. The number of hydrogen-bond donors (Lipinski definition) is 1. The molecule has 1 N–H and O–H groups in total. The van der Waals surface area contributed by atoms with Crippen molar-refractivity contribution in [1.82, 2.24) is 10.3 Å². The molecule has 0 saturated heterocycles. The number of amides is 1. The summed E-state index contributed by atoms with van der Waals surface area (Å²) in [4.78, 5) is 17.7. The van der Waals surface area contributed by atoms with Crippen molar-refractivity contribution in [3.8, 4) is 0 Å². The van der Waals surface area contributed by atoms with Gasteiger partial charge in [0.2, 0.25) is 5.91 Å². The van der Waals surface area contributed by atoms with E-state index >= 15 is 0 Å². The molecule has 0 radical (unpaired) electrons. The van der Waals surface area contributed by atoms with Crippen molar-refractivity contribution in [2.75, 3.05) is 0 Å². The molecule has 1 aromatic rings. The van der Waals surface area contributed by atoms with Crippen LogP contribution in [0.5, 0.6) is 0 Å². The number of hydrogen-bond acceptors (Lipinski definition) is 3. The maximum atomic E-state index is 12.0. The lowest BCUT2D eigenvalue weighted by atomic mass is 10.1. The third kappa shape index (κ3) is 4.60. The van der Waals surface area contributed by atoms with Gasteiger partial charge >= 0.3 is 0 Å². The van der Waals surface area contributed by atoms with Crippen LogP contribution < -0.4 is 5.32 Å². The van der Waals surface area contributed by atoms with Gasteiger partial charge in [0.1, 0.15) is 0 Å². The van der Waals surface area contributed by atoms with E-state index in [9.17, 15) is 4.79 Å². The summed E-state index contributed by atoms with van der Waals surface area (Å²) in [6, 6.07) is 0.412. The normalized spacial score (nSPS) is 17.2. The third-order valence-corrected chi connectivity index (χ3v) is 4.99. The smallest absolute Gasteiger partial charge is 0.220 e. The summed E-state index contributed by atoms with van der Waals surface area (Å²) in [5, 5.41) is 4.28. The quantitative estimate of drug-likeness (QED) is 0.857. The van der Waals surface area contributed by atoms with E-state index in [1.807, 2.05) is 6.92 Å². The average molecular weight is 280 g/mol. The van der Waals surface area contributed by atoms with Crippen molar-refractivity contribution >= 4 is 17.2 Å². The first-order chi connectivity index (χ1) is 9.15. The van der Waals surface area contributed by atoms with Crippen LogP contribution in [-0.2, 0) is 11.2 Å². The minimum absolute atomic E-state index is 0.192. The molecule has 0 bridgehead atoms. The summed E-state index contributed by atoms with van der Waals surface area (Å²) < 4.78 is 0. The molecule has 0 aliphatic heterocycles. The van der Waals surface area contributed by atoms with Gasteiger partial charge in [0, 0.05) is 23.8 Å². The molecule has 2 rings (SSSR count). The fourth-order valence-corrected chi connectivity index (χ4v) is 3.52. The number of nitrogens with zero attached hydrogens (tertiary/aromatic N) is 1. The van der Waals surface area contributed by atoms with Crippen LogP contribution in [0.25, 0.3) is 0 Å². The molecule has 4 heteroatoms. The minimum atomic E-state index is 0.192. The maximum absolute atomic E-state index is 12.0. The number of rotatable bonds is 4. The molecule has 1 aliphatic rings. The van der Waals surface area contributed by atoms with Gasteiger partial charge in [-0.2, -0.15) is 0 Å². The second-order valence-corrected chi connectivity index (χ2v) is 6.79. The molecule has 0 atom stereocenters. The van der Waals surface area contributed by atoms with E-state index in [0.29, 0.717) is 12.5 Å². The largest absolute Gasteiger partial charge is 0.353 e. The molecule has 1 amide bonds. The molecule has 1 aliphatic carbocycles. The Bertz CT molecular complexity index is 400. The fraction of sp³-hybridized carbons (Fsp3) is 0.733. The van der Waals surface area contributed by atoms with Gasteiger partial charge in [-0.3, -0.25) is 4.79 Å². The van der Waals surface area contributed by atoms with Gasteiger partial charge in [-0.15, -0.1) is 11.3 Å². The summed E-state index contributed by atoms with van der Waals surface area (Å²) in [6.45, 7) is 4.11. The second-order valence-electron chi connectivity index (χ2n) is 5.51. The highest BCUT2D eigenvalue weighted by molar-refractivity contribution is 7.11. The average Bonchev–Trinajstić information content (AvgIpc) is 2.58. The van der Waals surface area contributed by atoms with Crippen LogP contribution in [0.4, 0.5) is 0 Å². The van der Waals surface area contributed by atoms with Crippen LogP contribution in [0, 0.1) is 13.8 Å². The van der Waals surface area contributed by atoms with Crippen LogP contribution in [0.1, 0.15) is 60.5 Å². The van der Waals surface area contributed by atoms with Gasteiger partial charge in [0.25, 0.3) is 0 Å². The Morgan fingerprint density at radius 2 is 1.95 bits per heavy atom. The van der Waals surface area contributed by atoms with Gasteiger partial charge < -0.3 is 5.32 Å². The molecule has 1 fully saturated rings. The highest BCUT2D eigenvalue weighted by atomic mass is 32.1. The number of carbonyl (C=O) groups is 1. The predicted octanol–water partition coefficient (Wildman–Crippen LogP) is 3.53. The van der Waals surface area contributed by atoms with Crippen molar-refractivity contribution in [1.29, 1.82) is 0 Å². The molecule has 19 heavy (non-hydrogen) atoms. The Morgan fingerprint density at radius 3 is 2.53 bits per heavy atom. The van der Waals surface area contributed by atoms with E-state index in [2.05, 4.69) is 17.2 Å². The van der Waals surface area contributed by atoms with Gasteiger partial charge in [-0.05, 0) is 26.7 Å². The van der Waals surface area contributed by atoms with E-state index in [1.54, 1.807) is 11.3 Å². The number of thiazole rings is 1. The number of aryl methyl sites for hydroxylation is 3. The zero-order valence-electron chi connectivity index (χ0n) is 12.0. The van der Waals surface area contributed by atoms with Crippen LogP contribution in [0.3, 0.4) is 0 Å². The van der Waals surface area contributed by atoms with E-state index in [0.717, 1.165) is 30.0 Å². The Balaban J connectivity index is 1.74. The topological polar surface area (TPSA) is 42.0 Å². The number of aromatic nitrogens is 1. The summed E-state index contributed by atoms with van der Waals surface area (Å²) in [7, 11) is 0. The molecular formula is C15H24N2OS. The van der Waals surface area contributed by atoms with Gasteiger partial charge in [0.05, 0.1) is 10.7 Å². The molecular weight excluding hydrogens is 256 g/mol. The van der Waals surface area contributed by atoms with E-state index in [4.69, 9.17) is 0 Å². The number of carbonyl (C=O) groups excluding carboxylic acids is 1. The Hall–Kier alpha value is -0.900. The van der Waals surface area contributed by atoms with Crippen LogP contribution in [0.15, 0.2) is 0 Å². The zero-order valence-corrected chi connectivity index (χ0v) is 12.8. The maximum Gasteiger partial charge on any atom is 0.220 e. The number of nitrogens with one attached hydrogen (secondary N) is 1. The van der Waals surface area contributed by atoms with Gasteiger partial charge in [-0.25, -0.2) is 4.98 Å². The minimum Gasteiger partial charge on any atom is -0.353 e. The van der Waals surface area contributed by atoms with Gasteiger partial charge in [0.15, 0.2) is 0 Å². The molecule has 106 valence electrons. The molecule has 0 unspecified atom stereocenters. The lowest BCUT2D eigenvalue weighted by Gasteiger charge is -2.15. The van der Waals surface area contributed by atoms with E-state index in [-0.39, 0.29) is 5.91 Å². The predicted molar refractivity (Wildman–Crippen MR) is 79.5 cm³/mol. The Morgan fingerprint density at radius 1 is 1.26 bits per heavy atom. The molecule has 0 spiro atoms. The molecule has 1 aromatic heterocycles. The second kappa shape index (κ2) is 7.04. The van der Waals surface area contributed by atoms with Gasteiger partial charge in [-0.1, -0.05) is 25.7 Å². The van der Waals surface area contributed by atoms with E-state index < -0.39 is 0 Å². The van der Waals surface area contributed by atoms with Crippen molar-refractivity contribution < 1.29 is 4.79 Å². The fourth-order valence-electron chi connectivity index (χ4n) is 2.59. The van der Waals surface area contributed by atoms with Crippen molar-refractivity contribution in [3.05, 3.63) is 15.6 Å². The standard InChI is InChI=1S/C15H24N2OS/c1-11-12(2)19-15(16-11)10-9-14(18)17-13-7-5-3-4-6-8-13/h13H,3-10H2,1-2H3,(H,17,18). The summed E-state index contributed by atoms with van der Waals surface area (Å²) in [6.07, 6.45) is 8.82.